The molecule has 0 amide bonds. The lowest BCUT2D eigenvalue weighted by Gasteiger charge is -2.35. The van der Waals surface area contributed by atoms with Gasteiger partial charge in [-0.15, -0.1) is 0 Å². The van der Waals surface area contributed by atoms with Crippen molar-refractivity contribution in [2.75, 3.05) is 13.2 Å². The van der Waals surface area contributed by atoms with E-state index < -0.39 is 5.60 Å². The van der Waals surface area contributed by atoms with E-state index in [1.54, 1.807) is 0 Å². The first-order valence-corrected chi connectivity index (χ1v) is 4.20. The molecule has 0 aliphatic carbocycles. The molecule has 66 valence electrons. The van der Waals surface area contributed by atoms with Crippen LogP contribution in [0.1, 0.15) is 26.2 Å². The zero-order chi connectivity index (χ0) is 8.32. The van der Waals surface area contributed by atoms with Gasteiger partial charge in [0.25, 0.3) is 0 Å². The molecule has 3 heteroatoms. The minimum atomic E-state index is -0.549. The maximum absolute atomic E-state index is 9.88. The molecule has 0 aromatic carbocycles. The first kappa shape index (κ1) is 8.97. The lowest BCUT2D eigenvalue weighted by molar-refractivity contribution is -0.0990. The van der Waals surface area contributed by atoms with Crippen molar-refractivity contribution >= 4 is 0 Å². The molecule has 2 atom stereocenters. The number of hydrogen-bond donors (Lipinski definition) is 2. The number of ether oxygens (including phenoxy) is 1. The summed E-state index contributed by atoms with van der Waals surface area (Å²) in [6.07, 6.45) is 2.33. The van der Waals surface area contributed by atoms with Gasteiger partial charge in [-0.25, -0.2) is 0 Å². The van der Waals surface area contributed by atoms with Crippen molar-refractivity contribution in [2.45, 2.75) is 37.9 Å². The van der Waals surface area contributed by atoms with E-state index in [0.717, 1.165) is 12.8 Å². The van der Waals surface area contributed by atoms with Crippen molar-refractivity contribution in [3.05, 3.63) is 0 Å². The van der Waals surface area contributed by atoms with Crippen LogP contribution in [-0.4, -0.2) is 30.0 Å². The molecule has 0 bridgehead atoms. The minimum Gasteiger partial charge on any atom is -0.390 e. The van der Waals surface area contributed by atoms with Crippen molar-refractivity contribution in [3.63, 3.8) is 0 Å². The van der Waals surface area contributed by atoms with Crippen LogP contribution in [0.5, 0.6) is 0 Å². The second-order valence-corrected chi connectivity index (χ2v) is 3.40. The minimum absolute atomic E-state index is 0.181. The number of aliphatic hydroxyl groups is 1. The summed E-state index contributed by atoms with van der Waals surface area (Å²) < 4.78 is 5.32. The van der Waals surface area contributed by atoms with E-state index in [-0.39, 0.29) is 6.10 Å². The standard InChI is InChI=1S/C8H17NO2/c1-7-6-8(10,2-4-9)3-5-11-7/h7,10H,2-6,9H2,1H3. The SMILES string of the molecule is CC1CC(O)(CCN)CCO1. The van der Waals surface area contributed by atoms with Crippen LogP contribution < -0.4 is 5.73 Å². The van der Waals surface area contributed by atoms with E-state index in [1.807, 2.05) is 6.92 Å². The highest BCUT2D eigenvalue weighted by Crippen LogP contribution is 2.26. The van der Waals surface area contributed by atoms with Gasteiger partial charge in [0.2, 0.25) is 0 Å². The third-order valence-corrected chi connectivity index (χ3v) is 2.25. The predicted octanol–water partition coefficient (Wildman–Crippen LogP) is 0.265. The van der Waals surface area contributed by atoms with E-state index in [1.165, 1.54) is 0 Å². The highest BCUT2D eigenvalue weighted by Gasteiger charge is 2.32. The molecule has 0 radical (unpaired) electrons. The molecule has 0 saturated carbocycles. The molecule has 3 nitrogen and oxygen atoms in total. The van der Waals surface area contributed by atoms with Gasteiger partial charge in [-0.2, -0.15) is 0 Å². The molecule has 1 aliphatic heterocycles. The third kappa shape index (κ3) is 2.43. The Hall–Kier alpha value is -0.120. The van der Waals surface area contributed by atoms with Crippen molar-refractivity contribution in [2.24, 2.45) is 5.73 Å². The lowest BCUT2D eigenvalue weighted by atomic mass is 9.88. The van der Waals surface area contributed by atoms with Gasteiger partial charge in [0.05, 0.1) is 11.7 Å². The van der Waals surface area contributed by atoms with E-state index in [4.69, 9.17) is 10.5 Å². The van der Waals surface area contributed by atoms with Crippen LogP contribution in [0.15, 0.2) is 0 Å². The maximum Gasteiger partial charge on any atom is 0.0706 e. The smallest absolute Gasteiger partial charge is 0.0706 e. The van der Waals surface area contributed by atoms with Crippen LogP contribution in [0.4, 0.5) is 0 Å². The Balaban J connectivity index is 2.41. The molecule has 1 fully saturated rings. The van der Waals surface area contributed by atoms with E-state index >= 15 is 0 Å². The van der Waals surface area contributed by atoms with Crippen molar-refractivity contribution in [1.82, 2.24) is 0 Å². The molecule has 1 heterocycles. The predicted molar refractivity (Wildman–Crippen MR) is 43.3 cm³/mol. The van der Waals surface area contributed by atoms with Crippen LogP contribution in [-0.2, 0) is 4.74 Å². The molecule has 0 aromatic rings. The zero-order valence-corrected chi connectivity index (χ0v) is 7.05. The molecule has 2 unspecified atom stereocenters. The lowest BCUT2D eigenvalue weighted by Crippen LogP contribution is -2.41. The average molecular weight is 159 g/mol. The van der Waals surface area contributed by atoms with Crippen LogP contribution in [0, 0.1) is 0 Å². The van der Waals surface area contributed by atoms with E-state index in [2.05, 4.69) is 0 Å². The molecule has 0 aromatic heterocycles. The van der Waals surface area contributed by atoms with Gasteiger partial charge >= 0.3 is 0 Å². The largest absolute Gasteiger partial charge is 0.390 e. The second-order valence-electron chi connectivity index (χ2n) is 3.40. The molecular weight excluding hydrogens is 142 g/mol. The summed E-state index contributed by atoms with van der Waals surface area (Å²) in [7, 11) is 0. The summed E-state index contributed by atoms with van der Waals surface area (Å²) in [6.45, 7) is 3.21. The summed E-state index contributed by atoms with van der Waals surface area (Å²) in [6, 6.07) is 0. The maximum atomic E-state index is 9.88. The molecule has 3 N–H and O–H groups in total. The van der Waals surface area contributed by atoms with Crippen LogP contribution in [0.2, 0.25) is 0 Å². The summed E-state index contributed by atoms with van der Waals surface area (Å²) in [5.41, 5.74) is 4.84. The zero-order valence-electron chi connectivity index (χ0n) is 7.05. The summed E-state index contributed by atoms with van der Waals surface area (Å²) in [5.74, 6) is 0. The third-order valence-electron chi connectivity index (χ3n) is 2.25. The van der Waals surface area contributed by atoms with E-state index in [0.29, 0.717) is 19.6 Å². The van der Waals surface area contributed by atoms with Gasteiger partial charge in [-0.05, 0) is 26.3 Å². The molecule has 0 spiro atoms. The van der Waals surface area contributed by atoms with Gasteiger partial charge in [0.1, 0.15) is 0 Å². The van der Waals surface area contributed by atoms with Crippen molar-refractivity contribution in [1.29, 1.82) is 0 Å². The topological polar surface area (TPSA) is 55.5 Å². The van der Waals surface area contributed by atoms with Crippen LogP contribution in [0.3, 0.4) is 0 Å². The molecule has 1 aliphatic rings. The van der Waals surface area contributed by atoms with Gasteiger partial charge in [0, 0.05) is 13.0 Å². The number of nitrogens with two attached hydrogens (primary N) is 1. The second kappa shape index (κ2) is 3.52. The van der Waals surface area contributed by atoms with Gasteiger partial charge in [0.15, 0.2) is 0 Å². The number of hydrogen-bond acceptors (Lipinski definition) is 3. The fraction of sp³-hybridized carbons (Fsp3) is 1.00. The molecule has 1 saturated heterocycles. The fourth-order valence-electron chi connectivity index (χ4n) is 1.64. The van der Waals surface area contributed by atoms with Gasteiger partial charge in [-0.1, -0.05) is 0 Å². The summed E-state index contributed by atoms with van der Waals surface area (Å²) in [5, 5.41) is 9.88. The Morgan fingerprint density at radius 2 is 2.45 bits per heavy atom. The fourth-order valence-corrected chi connectivity index (χ4v) is 1.64. The Labute approximate surface area is 67.5 Å². The van der Waals surface area contributed by atoms with Crippen molar-refractivity contribution < 1.29 is 9.84 Å². The summed E-state index contributed by atoms with van der Waals surface area (Å²) >= 11 is 0. The Bertz CT molecular complexity index is 125. The Morgan fingerprint density at radius 1 is 1.73 bits per heavy atom. The van der Waals surface area contributed by atoms with Crippen LogP contribution in [0.25, 0.3) is 0 Å². The van der Waals surface area contributed by atoms with Gasteiger partial charge in [-0.3, -0.25) is 0 Å². The molecule has 1 rings (SSSR count). The van der Waals surface area contributed by atoms with E-state index in [9.17, 15) is 5.11 Å². The Morgan fingerprint density at radius 3 is 3.00 bits per heavy atom. The van der Waals surface area contributed by atoms with Crippen molar-refractivity contribution in [3.8, 4) is 0 Å². The number of rotatable bonds is 2. The highest BCUT2D eigenvalue weighted by molar-refractivity contribution is 4.84. The average Bonchev–Trinajstić information content (AvgIpc) is 1.86. The van der Waals surface area contributed by atoms with Crippen LogP contribution >= 0.6 is 0 Å². The molecular formula is C8H17NO2. The normalized spacial score (nSPS) is 39.0. The first-order valence-electron chi connectivity index (χ1n) is 4.20. The quantitative estimate of drug-likeness (QED) is 0.608. The monoisotopic (exact) mass is 159 g/mol. The first-order chi connectivity index (χ1) is 5.16. The Kier molecular flexibility index (Phi) is 2.87. The molecule has 11 heavy (non-hydrogen) atoms. The van der Waals surface area contributed by atoms with Gasteiger partial charge < -0.3 is 15.6 Å². The highest BCUT2D eigenvalue weighted by atomic mass is 16.5. The summed E-state index contributed by atoms with van der Waals surface area (Å²) in [4.78, 5) is 0.